The van der Waals surface area contributed by atoms with Crippen LogP contribution in [-0.2, 0) is 29.2 Å². The lowest BCUT2D eigenvalue weighted by Gasteiger charge is -2.17. The number of aryl methyl sites for hydroxylation is 1. The SMILES string of the molecule is CN=C(NCc1cccc(CN2CCCC2=O)c1)NCc1ccc(C)cc1OCCOC.I. The van der Waals surface area contributed by atoms with Crippen LogP contribution in [0.15, 0.2) is 47.5 Å². The first kappa shape index (κ1) is 26.9. The van der Waals surface area contributed by atoms with Gasteiger partial charge in [-0.05, 0) is 36.1 Å². The average Bonchev–Trinajstić information content (AvgIpc) is 3.19. The van der Waals surface area contributed by atoms with Gasteiger partial charge in [-0.15, -0.1) is 24.0 Å². The minimum absolute atomic E-state index is 0. The van der Waals surface area contributed by atoms with Gasteiger partial charge in [0.15, 0.2) is 5.96 Å². The molecule has 3 rings (SSSR count). The summed E-state index contributed by atoms with van der Waals surface area (Å²) in [7, 11) is 3.43. The van der Waals surface area contributed by atoms with Gasteiger partial charge >= 0.3 is 0 Å². The van der Waals surface area contributed by atoms with Gasteiger partial charge in [0.05, 0.1) is 6.61 Å². The van der Waals surface area contributed by atoms with E-state index in [4.69, 9.17) is 9.47 Å². The number of nitrogens with zero attached hydrogens (tertiary/aromatic N) is 2. The summed E-state index contributed by atoms with van der Waals surface area (Å²) < 4.78 is 11.0. The maximum absolute atomic E-state index is 11.9. The lowest BCUT2D eigenvalue weighted by atomic mass is 10.1. The van der Waals surface area contributed by atoms with Crippen LogP contribution in [0.4, 0.5) is 0 Å². The maximum atomic E-state index is 11.9. The molecule has 33 heavy (non-hydrogen) atoms. The molecular formula is C25H35IN4O3. The summed E-state index contributed by atoms with van der Waals surface area (Å²) in [6.07, 6.45) is 1.63. The van der Waals surface area contributed by atoms with Crippen molar-refractivity contribution in [3.05, 3.63) is 64.7 Å². The Bertz CT molecular complexity index is 936. The Morgan fingerprint density at radius 1 is 1.09 bits per heavy atom. The molecule has 0 saturated carbocycles. The molecule has 180 valence electrons. The molecule has 8 heteroatoms. The van der Waals surface area contributed by atoms with Crippen LogP contribution in [0.5, 0.6) is 5.75 Å². The Morgan fingerprint density at radius 3 is 2.61 bits per heavy atom. The van der Waals surface area contributed by atoms with Crippen LogP contribution in [0.1, 0.15) is 35.1 Å². The number of methoxy groups -OCH3 is 1. The smallest absolute Gasteiger partial charge is 0.222 e. The van der Waals surface area contributed by atoms with E-state index in [1.165, 1.54) is 0 Å². The van der Waals surface area contributed by atoms with Crippen molar-refractivity contribution >= 4 is 35.8 Å². The first-order chi connectivity index (χ1) is 15.6. The second-order valence-electron chi connectivity index (χ2n) is 7.97. The number of halogens is 1. The van der Waals surface area contributed by atoms with Gasteiger partial charge in [0, 0.05) is 52.3 Å². The summed E-state index contributed by atoms with van der Waals surface area (Å²) in [6, 6.07) is 14.5. The summed E-state index contributed by atoms with van der Waals surface area (Å²) >= 11 is 0. The molecule has 1 aliphatic rings. The van der Waals surface area contributed by atoms with E-state index in [1.54, 1.807) is 14.2 Å². The van der Waals surface area contributed by atoms with Crippen LogP contribution < -0.4 is 15.4 Å². The monoisotopic (exact) mass is 566 g/mol. The molecule has 0 bridgehead atoms. The number of carbonyl (C=O) groups excluding carboxylic acids is 1. The van der Waals surface area contributed by atoms with Crippen LogP contribution in [0, 0.1) is 6.92 Å². The average molecular weight is 566 g/mol. The normalized spacial score (nSPS) is 13.6. The fourth-order valence-corrected chi connectivity index (χ4v) is 3.69. The summed E-state index contributed by atoms with van der Waals surface area (Å²) in [4.78, 5) is 18.2. The fraction of sp³-hybridized carbons (Fsp3) is 0.440. The molecule has 7 nitrogen and oxygen atoms in total. The maximum Gasteiger partial charge on any atom is 0.222 e. The van der Waals surface area contributed by atoms with Crippen molar-refractivity contribution in [2.75, 3.05) is 33.9 Å². The summed E-state index contributed by atoms with van der Waals surface area (Å²) in [5.41, 5.74) is 4.52. The third kappa shape index (κ3) is 8.51. The van der Waals surface area contributed by atoms with Gasteiger partial charge in [-0.2, -0.15) is 0 Å². The molecule has 1 heterocycles. The van der Waals surface area contributed by atoms with E-state index >= 15 is 0 Å². The van der Waals surface area contributed by atoms with Crippen molar-refractivity contribution in [2.24, 2.45) is 4.99 Å². The van der Waals surface area contributed by atoms with E-state index in [1.807, 2.05) is 17.0 Å². The molecule has 0 atom stereocenters. The topological polar surface area (TPSA) is 75.2 Å². The zero-order valence-corrected chi connectivity index (χ0v) is 22.1. The molecule has 0 spiro atoms. The van der Waals surface area contributed by atoms with Crippen molar-refractivity contribution in [1.82, 2.24) is 15.5 Å². The fourth-order valence-electron chi connectivity index (χ4n) is 3.69. The summed E-state index contributed by atoms with van der Waals surface area (Å²) in [5.74, 6) is 1.82. The Labute approximate surface area is 214 Å². The number of amides is 1. The van der Waals surface area contributed by atoms with Crippen LogP contribution in [0.2, 0.25) is 0 Å². The Kier molecular flexibility index (Phi) is 11.5. The van der Waals surface area contributed by atoms with E-state index in [9.17, 15) is 4.79 Å². The zero-order valence-electron chi connectivity index (χ0n) is 19.7. The van der Waals surface area contributed by atoms with Crippen LogP contribution >= 0.6 is 24.0 Å². The Hall–Kier alpha value is -2.33. The van der Waals surface area contributed by atoms with Crippen LogP contribution in [0.25, 0.3) is 0 Å². The highest BCUT2D eigenvalue weighted by Crippen LogP contribution is 2.20. The van der Waals surface area contributed by atoms with Crippen molar-refractivity contribution in [2.45, 2.75) is 39.4 Å². The third-order valence-corrected chi connectivity index (χ3v) is 5.43. The number of hydrogen-bond acceptors (Lipinski definition) is 4. The molecule has 0 aliphatic carbocycles. The van der Waals surface area contributed by atoms with Gasteiger partial charge in [-0.3, -0.25) is 9.79 Å². The predicted octanol–water partition coefficient (Wildman–Crippen LogP) is 3.63. The van der Waals surface area contributed by atoms with Crippen LogP contribution in [-0.4, -0.2) is 50.7 Å². The highest BCUT2D eigenvalue weighted by Gasteiger charge is 2.19. The minimum Gasteiger partial charge on any atom is -0.491 e. The van der Waals surface area contributed by atoms with Gasteiger partial charge < -0.3 is 25.0 Å². The van der Waals surface area contributed by atoms with Gasteiger partial charge in [-0.1, -0.05) is 36.4 Å². The first-order valence-corrected chi connectivity index (χ1v) is 11.1. The summed E-state index contributed by atoms with van der Waals surface area (Å²) in [5, 5.41) is 6.73. The second kappa shape index (κ2) is 14.0. The van der Waals surface area contributed by atoms with Gasteiger partial charge in [0.25, 0.3) is 0 Å². The van der Waals surface area contributed by atoms with Gasteiger partial charge in [0.2, 0.25) is 5.91 Å². The van der Waals surface area contributed by atoms with E-state index in [-0.39, 0.29) is 29.9 Å². The molecule has 0 unspecified atom stereocenters. The number of carbonyl (C=O) groups is 1. The number of nitrogens with one attached hydrogen (secondary N) is 2. The molecule has 0 radical (unpaired) electrons. The summed E-state index contributed by atoms with van der Waals surface area (Å²) in [6.45, 7) is 5.89. The van der Waals surface area contributed by atoms with E-state index in [0.717, 1.165) is 41.0 Å². The van der Waals surface area contributed by atoms with E-state index < -0.39 is 0 Å². The van der Waals surface area contributed by atoms with Gasteiger partial charge in [-0.25, -0.2) is 0 Å². The first-order valence-electron chi connectivity index (χ1n) is 11.1. The minimum atomic E-state index is 0. The quantitative estimate of drug-likeness (QED) is 0.199. The lowest BCUT2D eigenvalue weighted by Crippen LogP contribution is -2.36. The molecular weight excluding hydrogens is 531 g/mol. The van der Waals surface area contributed by atoms with E-state index in [0.29, 0.717) is 45.2 Å². The Balaban J connectivity index is 0.00000385. The number of ether oxygens (including phenoxy) is 2. The lowest BCUT2D eigenvalue weighted by molar-refractivity contribution is -0.128. The standard InChI is InChI=1S/C25H34N4O3.HI/c1-19-9-10-22(23(14-19)32-13-12-31-3)17-28-25(26-2)27-16-20-6-4-7-21(15-20)18-29-11-5-8-24(29)30;/h4,6-7,9-10,14-15H,5,8,11-13,16-18H2,1-3H3,(H2,26,27,28);1H. The van der Waals surface area contributed by atoms with Crippen LogP contribution in [0.3, 0.4) is 0 Å². The third-order valence-electron chi connectivity index (χ3n) is 5.43. The largest absolute Gasteiger partial charge is 0.491 e. The molecule has 1 fully saturated rings. The van der Waals surface area contributed by atoms with Crippen molar-refractivity contribution in [3.63, 3.8) is 0 Å². The molecule has 2 aromatic rings. The highest BCUT2D eigenvalue weighted by molar-refractivity contribution is 14.0. The molecule has 0 aromatic heterocycles. The molecule has 2 aromatic carbocycles. The Morgan fingerprint density at radius 2 is 1.88 bits per heavy atom. The number of benzene rings is 2. The van der Waals surface area contributed by atoms with Crippen molar-refractivity contribution in [1.29, 1.82) is 0 Å². The second-order valence-corrected chi connectivity index (χ2v) is 7.97. The van der Waals surface area contributed by atoms with Crippen molar-refractivity contribution < 1.29 is 14.3 Å². The van der Waals surface area contributed by atoms with Crippen molar-refractivity contribution in [3.8, 4) is 5.75 Å². The number of hydrogen-bond donors (Lipinski definition) is 2. The number of guanidine groups is 1. The predicted molar refractivity (Wildman–Crippen MR) is 142 cm³/mol. The number of aliphatic imine (C=N–C) groups is 1. The molecule has 1 saturated heterocycles. The van der Waals surface area contributed by atoms with Gasteiger partial charge in [0.1, 0.15) is 12.4 Å². The zero-order chi connectivity index (χ0) is 22.8. The molecule has 1 amide bonds. The number of rotatable bonds is 10. The molecule has 2 N–H and O–H groups in total. The van der Waals surface area contributed by atoms with E-state index in [2.05, 4.69) is 52.9 Å². The number of likely N-dealkylation sites (tertiary alicyclic amines) is 1. The molecule has 1 aliphatic heterocycles. The highest BCUT2D eigenvalue weighted by atomic mass is 127.